The molecular formula is C17H9Cl2F7N2O4. The number of carbonyl (C=O) groups excluding carboxylic acids is 1. The molecule has 0 aromatic heterocycles. The van der Waals surface area contributed by atoms with E-state index < -0.39 is 67.1 Å². The number of nitro benzene ring substituents is 1. The smallest absolute Gasteiger partial charge is 0.435 e. The molecule has 32 heavy (non-hydrogen) atoms. The lowest BCUT2D eigenvalue weighted by Gasteiger charge is -2.30. The number of amides is 1. The zero-order valence-corrected chi connectivity index (χ0v) is 16.9. The van der Waals surface area contributed by atoms with Crippen molar-refractivity contribution in [3.63, 3.8) is 0 Å². The second kappa shape index (κ2) is 8.62. The molecule has 2 rings (SSSR count). The number of anilines is 1. The van der Waals surface area contributed by atoms with E-state index in [2.05, 4.69) is 0 Å². The third-order valence-corrected chi connectivity index (χ3v) is 4.70. The Morgan fingerprint density at radius 1 is 1.03 bits per heavy atom. The Morgan fingerprint density at radius 3 is 1.94 bits per heavy atom. The predicted octanol–water partition coefficient (Wildman–Crippen LogP) is 6.45. The normalized spacial score (nSPS) is 12.4. The first-order valence-corrected chi connectivity index (χ1v) is 8.76. The van der Waals surface area contributed by atoms with Crippen LogP contribution in [0.1, 0.15) is 15.9 Å². The zero-order chi connectivity index (χ0) is 24.6. The molecule has 0 atom stereocenters. The maximum absolute atomic E-state index is 14.2. The zero-order valence-electron chi connectivity index (χ0n) is 15.4. The molecule has 0 saturated carbocycles. The minimum absolute atomic E-state index is 0.00864. The van der Waals surface area contributed by atoms with Crippen LogP contribution >= 0.6 is 23.2 Å². The van der Waals surface area contributed by atoms with E-state index in [-0.39, 0.29) is 12.1 Å². The number of carbonyl (C=O) groups is 1. The van der Waals surface area contributed by atoms with E-state index in [0.29, 0.717) is 0 Å². The van der Waals surface area contributed by atoms with Crippen LogP contribution in [0.25, 0.3) is 0 Å². The van der Waals surface area contributed by atoms with E-state index in [9.17, 15) is 45.6 Å². The molecule has 0 heterocycles. The van der Waals surface area contributed by atoms with Gasteiger partial charge in [0, 0.05) is 11.6 Å². The first kappa shape index (κ1) is 25.5. The first-order chi connectivity index (χ1) is 14.6. The van der Waals surface area contributed by atoms with Gasteiger partial charge >= 0.3 is 23.7 Å². The summed E-state index contributed by atoms with van der Waals surface area (Å²) in [5.41, 5.74) is -9.45. The van der Waals surface area contributed by atoms with Gasteiger partial charge in [-0.2, -0.15) is 26.3 Å². The largest absolute Gasteiger partial charge is 0.490 e. The number of nitro groups is 1. The van der Waals surface area contributed by atoms with Gasteiger partial charge in [0.15, 0.2) is 0 Å². The van der Waals surface area contributed by atoms with Crippen molar-refractivity contribution in [1.29, 1.82) is 0 Å². The van der Waals surface area contributed by atoms with Gasteiger partial charge in [0.1, 0.15) is 0 Å². The molecule has 0 bridgehead atoms. The standard InChI is InChI=1S/C17H9Cl2F7N2O4/c1-32-13-8(3-2-4-11(13)28(30)31)14(29)27-12-9(18)5-7(6-10(12)19)15(20,16(21,22)23)17(24,25)26/h2-6H,1H3,(H,27,29). The monoisotopic (exact) mass is 508 g/mol. The second-order valence-electron chi connectivity index (χ2n) is 6.04. The van der Waals surface area contributed by atoms with Crippen LogP contribution in [0.5, 0.6) is 5.75 Å². The predicted molar refractivity (Wildman–Crippen MR) is 99.0 cm³/mol. The summed E-state index contributed by atoms with van der Waals surface area (Å²) >= 11 is 11.4. The van der Waals surface area contributed by atoms with Crippen molar-refractivity contribution in [3.8, 4) is 5.75 Å². The van der Waals surface area contributed by atoms with Gasteiger partial charge in [0.2, 0.25) is 5.75 Å². The third kappa shape index (κ3) is 4.39. The Kier molecular flexibility index (Phi) is 6.86. The van der Waals surface area contributed by atoms with Crippen LogP contribution < -0.4 is 10.1 Å². The number of hydrogen-bond donors (Lipinski definition) is 1. The highest BCUT2D eigenvalue weighted by molar-refractivity contribution is 6.40. The summed E-state index contributed by atoms with van der Waals surface area (Å²) in [6.07, 6.45) is -12.8. The van der Waals surface area contributed by atoms with Crippen molar-refractivity contribution in [1.82, 2.24) is 0 Å². The average molecular weight is 509 g/mol. The van der Waals surface area contributed by atoms with Gasteiger partial charge in [-0.05, 0) is 18.2 Å². The summed E-state index contributed by atoms with van der Waals surface area (Å²) in [5, 5.41) is 11.1. The van der Waals surface area contributed by atoms with E-state index in [1.165, 1.54) is 0 Å². The highest BCUT2D eigenvalue weighted by atomic mass is 35.5. The second-order valence-corrected chi connectivity index (χ2v) is 6.85. The fourth-order valence-electron chi connectivity index (χ4n) is 2.62. The minimum Gasteiger partial charge on any atom is -0.490 e. The minimum atomic E-state index is -6.40. The molecule has 0 radical (unpaired) electrons. The lowest BCUT2D eigenvalue weighted by atomic mass is 9.94. The quantitative estimate of drug-likeness (QED) is 0.285. The summed E-state index contributed by atoms with van der Waals surface area (Å²) in [6.45, 7) is 0. The van der Waals surface area contributed by atoms with Crippen LogP contribution in [-0.2, 0) is 5.67 Å². The van der Waals surface area contributed by atoms with Gasteiger partial charge in [-0.15, -0.1) is 0 Å². The maximum atomic E-state index is 14.2. The van der Waals surface area contributed by atoms with Crippen LogP contribution in [0.2, 0.25) is 10.0 Å². The van der Waals surface area contributed by atoms with Crippen molar-refractivity contribution in [2.45, 2.75) is 18.0 Å². The molecule has 0 aliphatic rings. The Morgan fingerprint density at radius 2 is 1.53 bits per heavy atom. The molecule has 0 aliphatic carbocycles. The Labute approximate surface area is 184 Å². The molecule has 2 aromatic rings. The number of ether oxygens (including phenoxy) is 1. The van der Waals surface area contributed by atoms with Gasteiger partial charge in [0.05, 0.1) is 33.3 Å². The molecule has 0 unspecified atom stereocenters. The highest BCUT2D eigenvalue weighted by Gasteiger charge is 2.73. The SMILES string of the molecule is COc1c(C(=O)Nc2c(Cl)cc(C(F)(C(F)(F)F)C(F)(F)F)cc2Cl)cccc1[N+](=O)[O-]. The molecule has 0 saturated heterocycles. The molecule has 15 heteroatoms. The van der Waals surface area contributed by atoms with E-state index in [1.807, 2.05) is 5.32 Å². The lowest BCUT2D eigenvalue weighted by Crippen LogP contribution is -2.50. The number of nitrogens with one attached hydrogen (secondary N) is 1. The lowest BCUT2D eigenvalue weighted by molar-refractivity contribution is -0.385. The van der Waals surface area contributed by atoms with Gasteiger partial charge in [0.25, 0.3) is 5.91 Å². The topological polar surface area (TPSA) is 81.5 Å². The Bertz CT molecular complexity index is 1040. The van der Waals surface area contributed by atoms with E-state index >= 15 is 0 Å². The van der Waals surface area contributed by atoms with Crippen molar-refractivity contribution < 1.29 is 45.2 Å². The fraction of sp³-hybridized carbons (Fsp3) is 0.235. The van der Waals surface area contributed by atoms with E-state index in [1.54, 1.807) is 0 Å². The molecule has 1 amide bonds. The maximum Gasteiger partial charge on any atom is 0.435 e. The van der Waals surface area contributed by atoms with E-state index in [4.69, 9.17) is 27.9 Å². The molecule has 6 nitrogen and oxygen atoms in total. The van der Waals surface area contributed by atoms with Gasteiger partial charge in [-0.1, -0.05) is 29.3 Å². The summed E-state index contributed by atoms with van der Waals surface area (Å²) in [7, 11) is 1.02. The van der Waals surface area contributed by atoms with Crippen LogP contribution in [0.3, 0.4) is 0 Å². The Hall–Kier alpha value is -2.80. The summed E-state index contributed by atoms with van der Waals surface area (Å²) in [5.74, 6) is -1.64. The number of alkyl halides is 7. The number of hydrogen-bond acceptors (Lipinski definition) is 4. The number of rotatable bonds is 5. The van der Waals surface area contributed by atoms with Crippen molar-refractivity contribution >= 4 is 40.5 Å². The van der Waals surface area contributed by atoms with Crippen LogP contribution in [0, 0.1) is 10.1 Å². The van der Waals surface area contributed by atoms with Crippen molar-refractivity contribution in [2.24, 2.45) is 0 Å². The van der Waals surface area contributed by atoms with Crippen LogP contribution in [0.15, 0.2) is 30.3 Å². The van der Waals surface area contributed by atoms with Gasteiger partial charge in [-0.25, -0.2) is 4.39 Å². The molecule has 0 fully saturated rings. The van der Waals surface area contributed by atoms with E-state index in [0.717, 1.165) is 25.3 Å². The molecule has 174 valence electrons. The van der Waals surface area contributed by atoms with Gasteiger partial charge in [-0.3, -0.25) is 14.9 Å². The fourth-order valence-corrected chi connectivity index (χ4v) is 3.20. The van der Waals surface area contributed by atoms with Crippen molar-refractivity contribution in [3.05, 3.63) is 61.6 Å². The molecule has 2 aromatic carbocycles. The number of benzene rings is 2. The van der Waals surface area contributed by atoms with Crippen molar-refractivity contribution in [2.75, 3.05) is 12.4 Å². The number of halogens is 9. The highest BCUT2D eigenvalue weighted by Crippen LogP contribution is 2.54. The van der Waals surface area contributed by atoms with Gasteiger partial charge < -0.3 is 10.1 Å². The summed E-state index contributed by atoms with van der Waals surface area (Å²) in [6, 6.07) is 3.23. The molecular weight excluding hydrogens is 500 g/mol. The number of para-hydroxylation sites is 1. The summed E-state index contributed by atoms with van der Waals surface area (Å²) < 4.78 is 96.8. The average Bonchev–Trinajstić information content (AvgIpc) is 2.67. The van der Waals surface area contributed by atoms with Crippen LogP contribution in [-0.4, -0.2) is 30.3 Å². The number of methoxy groups -OCH3 is 1. The summed E-state index contributed by atoms with van der Waals surface area (Å²) in [4.78, 5) is 22.7. The molecule has 1 N–H and O–H groups in total. The van der Waals surface area contributed by atoms with Crippen LogP contribution in [0.4, 0.5) is 42.1 Å². The number of nitrogens with zero attached hydrogens (tertiary/aromatic N) is 1. The molecule has 0 spiro atoms. The third-order valence-electron chi connectivity index (χ3n) is 4.10. The molecule has 0 aliphatic heterocycles. The first-order valence-electron chi connectivity index (χ1n) is 8.00. The Balaban J connectivity index is 2.55.